The van der Waals surface area contributed by atoms with Gasteiger partial charge in [-0.1, -0.05) is 12.1 Å². The minimum atomic E-state index is -0.466. The molecule has 1 aromatic carbocycles. The van der Waals surface area contributed by atoms with E-state index >= 15 is 0 Å². The molecular formula is C14H16N4O3. The molecule has 0 bridgehead atoms. The normalized spacial score (nSPS) is 12.1. The van der Waals surface area contributed by atoms with Crippen LogP contribution in [0.4, 0.5) is 5.69 Å². The zero-order chi connectivity index (χ0) is 15.6. The molecule has 0 aliphatic heterocycles. The van der Waals surface area contributed by atoms with Crippen molar-refractivity contribution >= 4 is 5.69 Å². The third-order valence-corrected chi connectivity index (χ3v) is 3.14. The zero-order valence-corrected chi connectivity index (χ0v) is 11.8. The Morgan fingerprint density at radius 1 is 1.43 bits per heavy atom. The van der Waals surface area contributed by atoms with Crippen LogP contribution in [0, 0.1) is 10.1 Å². The molecule has 7 nitrogen and oxygen atoms in total. The van der Waals surface area contributed by atoms with Crippen molar-refractivity contribution in [1.29, 1.82) is 0 Å². The van der Waals surface area contributed by atoms with Gasteiger partial charge in [-0.3, -0.25) is 14.9 Å². The number of nitro groups is 1. The van der Waals surface area contributed by atoms with Crippen LogP contribution in [0.15, 0.2) is 35.1 Å². The fraction of sp³-hybridized carbons (Fsp3) is 0.286. The van der Waals surface area contributed by atoms with Crippen LogP contribution in [-0.2, 0) is 6.54 Å². The summed E-state index contributed by atoms with van der Waals surface area (Å²) in [6.45, 7) is 3.92. The van der Waals surface area contributed by atoms with E-state index < -0.39 is 11.0 Å². The van der Waals surface area contributed by atoms with Crippen molar-refractivity contribution in [2.45, 2.75) is 26.4 Å². The Morgan fingerprint density at radius 2 is 2.14 bits per heavy atom. The molecule has 0 saturated carbocycles. The smallest absolute Gasteiger partial charge is 0.271 e. The van der Waals surface area contributed by atoms with Gasteiger partial charge in [0, 0.05) is 35.8 Å². The number of non-ortho nitro benzene ring substituents is 1. The molecule has 2 rings (SSSR count). The average Bonchev–Trinajstić information content (AvgIpc) is 2.47. The van der Waals surface area contributed by atoms with Crippen molar-refractivity contribution < 1.29 is 4.92 Å². The third kappa shape index (κ3) is 2.97. The van der Waals surface area contributed by atoms with Crippen molar-refractivity contribution in [2.75, 3.05) is 0 Å². The first-order chi connectivity index (χ1) is 9.93. The van der Waals surface area contributed by atoms with Gasteiger partial charge in [-0.15, -0.1) is 0 Å². The molecule has 110 valence electrons. The summed E-state index contributed by atoms with van der Waals surface area (Å²) in [5.41, 5.74) is 7.07. The number of nitro benzene ring substituents is 1. The van der Waals surface area contributed by atoms with Gasteiger partial charge in [0.2, 0.25) is 0 Å². The van der Waals surface area contributed by atoms with Gasteiger partial charge in [0.25, 0.3) is 11.2 Å². The molecule has 1 heterocycles. The Hall–Kier alpha value is -2.54. The topological polar surface area (TPSA) is 104 Å². The van der Waals surface area contributed by atoms with E-state index in [-0.39, 0.29) is 11.2 Å². The third-order valence-electron chi connectivity index (χ3n) is 3.14. The number of hydrogen-bond donors (Lipinski definition) is 1. The first kappa shape index (κ1) is 14.9. The van der Waals surface area contributed by atoms with Crippen molar-refractivity contribution in [3.05, 3.63) is 56.4 Å². The highest BCUT2D eigenvalue weighted by atomic mass is 16.6. The zero-order valence-electron chi connectivity index (χ0n) is 11.8. The maximum Gasteiger partial charge on any atom is 0.271 e. The molecule has 2 N–H and O–H groups in total. The standard InChI is InChI=1S/C14H16N4O3/c1-3-17-14(19)12(9(2)15)8-13(16-17)10-5-4-6-11(7-10)18(20)21/h4-9H,3,15H2,1-2H3. The molecule has 0 aliphatic carbocycles. The molecule has 0 radical (unpaired) electrons. The van der Waals surface area contributed by atoms with Gasteiger partial charge in [-0.25, -0.2) is 4.68 Å². The lowest BCUT2D eigenvalue weighted by atomic mass is 10.1. The Labute approximate surface area is 121 Å². The van der Waals surface area contributed by atoms with Crippen molar-refractivity contribution in [1.82, 2.24) is 9.78 Å². The molecule has 0 aliphatic rings. The van der Waals surface area contributed by atoms with Gasteiger partial charge >= 0.3 is 0 Å². The molecule has 0 spiro atoms. The number of nitrogens with two attached hydrogens (primary N) is 1. The van der Waals surface area contributed by atoms with Crippen LogP contribution in [0.3, 0.4) is 0 Å². The second kappa shape index (κ2) is 5.84. The molecule has 0 fully saturated rings. The SMILES string of the molecule is CCn1nc(-c2cccc([N+](=O)[O-])c2)cc(C(C)N)c1=O. The summed E-state index contributed by atoms with van der Waals surface area (Å²) in [4.78, 5) is 22.5. The van der Waals surface area contributed by atoms with Crippen LogP contribution < -0.4 is 11.3 Å². The molecule has 2 aromatic rings. The van der Waals surface area contributed by atoms with Crippen LogP contribution in [0.25, 0.3) is 11.3 Å². The summed E-state index contributed by atoms with van der Waals surface area (Å²) in [5.74, 6) is 0. The lowest BCUT2D eigenvalue weighted by molar-refractivity contribution is -0.384. The summed E-state index contributed by atoms with van der Waals surface area (Å²) in [6.07, 6.45) is 0. The average molecular weight is 288 g/mol. The van der Waals surface area contributed by atoms with Gasteiger partial charge in [-0.05, 0) is 19.9 Å². The minimum Gasteiger partial charge on any atom is -0.324 e. The number of aromatic nitrogens is 2. The van der Waals surface area contributed by atoms with E-state index in [1.807, 2.05) is 0 Å². The molecule has 7 heteroatoms. The summed E-state index contributed by atoms with van der Waals surface area (Å²) >= 11 is 0. The minimum absolute atomic E-state index is 0.0223. The number of benzene rings is 1. The molecule has 1 unspecified atom stereocenters. The predicted octanol–water partition coefficient (Wildman–Crippen LogP) is 1.86. The summed E-state index contributed by atoms with van der Waals surface area (Å²) < 4.78 is 1.31. The monoisotopic (exact) mass is 288 g/mol. The molecule has 1 atom stereocenters. The van der Waals surface area contributed by atoms with Crippen LogP contribution in [0.5, 0.6) is 0 Å². The van der Waals surface area contributed by atoms with Crippen molar-refractivity contribution in [3.63, 3.8) is 0 Å². The summed E-state index contributed by atoms with van der Waals surface area (Å²) in [7, 11) is 0. The lowest BCUT2D eigenvalue weighted by Gasteiger charge is -2.11. The molecule has 1 aromatic heterocycles. The Balaban J connectivity index is 2.64. The van der Waals surface area contributed by atoms with Crippen LogP contribution in [0.1, 0.15) is 25.5 Å². The Morgan fingerprint density at radius 3 is 2.71 bits per heavy atom. The molecular weight excluding hydrogens is 272 g/mol. The van der Waals surface area contributed by atoms with E-state index in [9.17, 15) is 14.9 Å². The lowest BCUT2D eigenvalue weighted by Crippen LogP contribution is -2.29. The van der Waals surface area contributed by atoms with Crippen LogP contribution in [-0.4, -0.2) is 14.7 Å². The number of aryl methyl sites for hydroxylation is 1. The van der Waals surface area contributed by atoms with E-state index in [4.69, 9.17) is 5.73 Å². The highest BCUT2D eigenvalue weighted by Gasteiger charge is 2.14. The number of hydrogen-bond acceptors (Lipinski definition) is 5. The maximum atomic E-state index is 12.1. The molecule has 21 heavy (non-hydrogen) atoms. The predicted molar refractivity (Wildman–Crippen MR) is 78.9 cm³/mol. The summed E-state index contributed by atoms with van der Waals surface area (Å²) in [5, 5.41) is 15.1. The quantitative estimate of drug-likeness (QED) is 0.683. The largest absolute Gasteiger partial charge is 0.324 e. The first-order valence-corrected chi connectivity index (χ1v) is 6.56. The molecule has 0 saturated heterocycles. The van der Waals surface area contributed by atoms with Gasteiger partial charge in [0.1, 0.15) is 0 Å². The van der Waals surface area contributed by atoms with Gasteiger partial charge in [0.05, 0.1) is 10.6 Å². The second-order valence-electron chi connectivity index (χ2n) is 4.70. The highest BCUT2D eigenvalue weighted by molar-refractivity contribution is 5.62. The fourth-order valence-corrected chi connectivity index (χ4v) is 2.02. The second-order valence-corrected chi connectivity index (χ2v) is 4.70. The van der Waals surface area contributed by atoms with Crippen LogP contribution in [0.2, 0.25) is 0 Å². The van der Waals surface area contributed by atoms with Crippen molar-refractivity contribution in [3.8, 4) is 11.3 Å². The van der Waals surface area contributed by atoms with Gasteiger partial charge < -0.3 is 5.73 Å². The van der Waals surface area contributed by atoms with Gasteiger partial charge in [-0.2, -0.15) is 5.10 Å². The van der Waals surface area contributed by atoms with Crippen LogP contribution >= 0.6 is 0 Å². The van der Waals surface area contributed by atoms with E-state index in [0.29, 0.717) is 23.4 Å². The summed E-state index contributed by atoms with van der Waals surface area (Å²) in [6, 6.07) is 7.30. The van der Waals surface area contributed by atoms with E-state index in [0.717, 1.165) is 0 Å². The Bertz CT molecular complexity index is 737. The first-order valence-electron chi connectivity index (χ1n) is 6.56. The van der Waals surface area contributed by atoms with E-state index in [2.05, 4.69) is 5.10 Å². The van der Waals surface area contributed by atoms with Crippen molar-refractivity contribution in [2.24, 2.45) is 5.73 Å². The van der Waals surface area contributed by atoms with E-state index in [1.165, 1.54) is 16.8 Å². The Kier molecular flexibility index (Phi) is 4.13. The highest BCUT2D eigenvalue weighted by Crippen LogP contribution is 2.22. The number of rotatable bonds is 4. The number of nitrogens with zero attached hydrogens (tertiary/aromatic N) is 3. The van der Waals surface area contributed by atoms with Gasteiger partial charge in [0.15, 0.2) is 0 Å². The fourth-order valence-electron chi connectivity index (χ4n) is 2.02. The van der Waals surface area contributed by atoms with E-state index in [1.54, 1.807) is 32.0 Å². The molecule has 0 amide bonds. The maximum absolute atomic E-state index is 12.1.